The molecule has 8 heteroatoms. The highest BCUT2D eigenvalue weighted by Crippen LogP contribution is 2.31. The second-order valence-electron chi connectivity index (χ2n) is 10.1. The number of benzene rings is 2. The largest absolute Gasteiger partial charge is 0.356 e. The van der Waals surface area contributed by atoms with Crippen molar-refractivity contribution in [3.05, 3.63) is 78.0 Å². The lowest BCUT2D eigenvalue weighted by atomic mass is 9.88. The van der Waals surface area contributed by atoms with Gasteiger partial charge in [-0.25, -0.2) is 14.6 Å². The summed E-state index contributed by atoms with van der Waals surface area (Å²) in [5.41, 5.74) is 3.12. The Morgan fingerprint density at radius 1 is 0.947 bits per heavy atom. The van der Waals surface area contributed by atoms with Gasteiger partial charge in [0.1, 0.15) is 5.82 Å². The summed E-state index contributed by atoms with van der Waals surface area (Å²) in [6.07, 6.45) is 5.92. The van der Waals surface area contributed by atoms with E-state index in [1.807, 2.05) is 47.3 Å². The van der Waals surface area contributed by atoms with E-state index in [9.17, 15) is 4.79 Å². The molecular weight excluding hydrogens is 492 g/mol. The molecule has 1 fully saturated rings. The lowest BCUT2D eigenvalue weighted by Gasteiger charge is -2.28. The molecular formula is C30H36N6OS. The minimum absolute atomic E-state index is 0.0124. The molecule has 1 saturated heterocycles. The number of anilines is 1. The summed E-state index contributed by atoms with van der Waals surface area (Å²) in [6, 6.07) is 20.5. The first kappa shape index (κ1) is 26.2. The number of aromatic nitrogens is 4. The van der Waals surface area contributed by atoms with Gasteiger partial charge < -0.3 is 10.2 Å². The second-order valence-corrected chi connectivity index (χ2v) is 11.6. The highest BCUT2D eigenvalue weighted by molar-refractivity contribution is 7.99. The number of hydrogen-bond acceptors (Lipinski definition) is 6. The van der Waals surface area contributed by atoms with Gasteiger partial charge in [0.05, 0.1) is 18.1 Å². The molecule has 5 rings (SSSR count). The van der Waals surface area contributed by atoms with Crippen LogP contribution < -0.4 is 10.2 Å². The van der Waals surface area contributed by atoms with Crippen molar-refractivity contribution < 1.29 is 4.79 Å². The lowest BCUT2D eigenvalue weighted by molar-refractivity contribution is -0.121. The average molecular weight is 529 g/mol. The molecule has 0 atom stereocenters. The van der Waals surface area contributed by atoms with Gasteiger partial charge in [0.2, 0.25) is 5.91 Å². The second kappa shape index (κ2) is 12.4. The van der Waals surface area contributed by atoms with Crippen LogP contribution in [0.3, 0.4) is 0 Å². The molecule has 1 aliphatic heterocycles. The molecule has 2 aromatic heterocycles. The van der Waals surface area contributed by atoms with Gasteiger partial charge in [-0.05, 0) is 30.4 Å². The predicted molar refractivity (Wildman–Crippen MR) is 155 cm³/mol. The average Bonchev–Trinajstić information content (AvgIpc) is 3.35. The van der Waals surface area contributed by atoms with E-state index >= 15 is 0 Å². The smallest absolute Gasteiger partial charge is 0.221 e. The minimum atomic E-state index is 0.0124. The number of nitrogens with zero attached hydrogens (tertiary/aromatic N) is 5. The summed E-state index contributed by atoms with van der Waals surface area (Å²) >= 11 is 1.68. The third kappa shape index (κ3) is 6.35. The van der Waals surface area contributed by atoms with E-state index < -0.39 is 0 Å². The van der Waals surface area contributed by atoms with Crippen LogP contribution in [0.25, 0.3) is 11.0 Å². The summed E-state index contributed by atoms with van der Waals surface area (Å²) in [5, 5.41) is 9.93. The Morgan fingerprint density at radius 3 is 2.24 bits per heavy atom. The van der Waals surface area contributed by atoms with Crippen molar-refractivity contribution in [1.29, 1.82) is 0 Å². The fourth-order valence-electron chi connectivity index (χ4n) is 5.05. The van der Waals surface area contributed by atoms with Gasteiger partial charge in [0.15, 0.2) is 10.8 Å². The van der Waals surface area contributed by atoms with Gasteiger partial charge in [0.25, 0.3) is 0 Å². The number of amides is 1. The SMILES string of the molecule is CC(C)Sc1nc(N2CCCCC2)c2cnn(CCNC(=O)CC(c3ccccc3)c3ccccc3)c2n1. The number of carbonyl (C=O) groups excluding carboxylic acids is 1. The van der Waals surface area contributed by atoms with E-state index in [1.54, 1.807) is 11.8 Å². The van der Waals surface area contributed by atoms with Crippen LogP contribution in [0.15, 0.2) is 72.0 Å². The summed E-state index contributed by atoms with van der Waals surface area (Å²) < 4.78 is 1.90. The van der Waals surface area contributed by atoms with Gasteiger partial charge >= 0.3 is 0 Å². The van der Waals surface area contributed by atoms with Crippen molar-refractivity contribution in [1.82, 2.24) is 25.1 Å². The standard InChI is InChI=1S/C30H36N6OS/c1-22(2)38-30-33-28(35-17-10-5-11-18-35)26-21-32-36(29(26)34-30)19-16-31-27(37)20-25(23-12-6-3-7-13-23)24-14-8-4-9-15-24/h3-4,6-9,12-15,21-22,25H,5,10-11,16-20H2,1-2H3,(H,31,37). The van der Waals surface area contributed by atoms with Crippen molar-refractivity contribution in [2.75, 3.05) is 24.5 Å². The molecule has 3 heterocycles. The van der Waals surface area contributed by atoms with Crippen LogP contribution in [0.5, 0.6) is 0 Å². The first-order chi connectivity index (χ1) is 18.6. The first-order valence-corrected chi connectivity index (χ1v) is 14.5. The van der Waals surface area contributed by atoms with Crippen LogP contribution in [-0.4, -0.2) is 50.5 Å². The van der Waals surface area contributed by atoms with Crippen molar-refractivity contribution in [3.8, 4) is 0 Å². The van der Waals surface area contributed by atoms with E-state index in [-0.39, 0.29) is 11.8 Å². The molecule has 2 aromatic carbocycles. The summed E-state index contributed by atoms with van der Waals surface area (Å²) in [7, 11) is 0. The molecule has 38 heavy (non-hydrogen) atoms. The highest BCUT2D eigenvalue weighted by atomic mass is 32.2. The number of rotatable bonds is 10. The van der Waals surface area contributed by atoms with Crippen LogP contribution in [0.4, 0.5) is 5.82 Å². The summed E-state index contributed by atoms with van der Waals surface area (Å²) in [4.78, 5) is 25.2. The van der Waals surface area contributed by atoms with Crippen LogP contribution >= 0.6 is 11.8 Å². The number of piperidine rings is 1. The molecule has 7 nitrogen and oxygen atoms in total. The Bertz CT molecular complexity index is 1300. The van der Waals surface area contributed by atoms with Crippen LogP contribution in [0.2, 0.25) is 0 Å². The molecule has 198 valence electrons. The zero-order chi connectivity index (χ0) is 26.3. The molecule has 1 aliphatic rings. The predicted octanol–water partition coefficient (Wildman–Crippen LogP) is 5.66. The minimum Gasteiger partial charge on any atom is -0.356 e. The van der Waals surface area contributed by atoms with Crippen LogP contribution in [0, 0.1) is 0 Å². The monoisotopic (exact) mass is 528 g/mol. The van der Waals surface area contributed by atoms with E-state index in [0.717, 1.165) is 46.2 Å². The number of carbonyl (C=O) groups is 1. The van der Waals surface area contributed by atoms with Crippen molar-refractivity contribution in [2.24, 2.45) is 0 Å². The van der Waals surface area contributed by atoms with Gasteiger partial charge in [-0.15, -0.1) is 0 Å². The quantitative estimate of drug-likeness (QED) is 0.212. The van der Waals surface area contributed by atoms with Crippen molar-refractivity contribution in [2.45, 2.75) is 62.4 Å². The van der Waals surface area contributed by atoms with Crippen LogP contribution in [0.1, 0.15) is 56.6 Å². The maximum Gasteiger partial charge on any atom is 0.221 e. The fraction of sp³-hybridized carbons (Fsp3) is 0.400. The third-order valence-corrected chi connectivity index (χ3v) is 7.76. The lowest BCUT2D eigenvalue weighted by Crippen LogP contribution is -2.30. The summed E-state index contributed by atoms with van der Waals surface area (Å²) in [6.45, 7) is 7.39. The normalized spacial score (nSPS) is 13.9. The van der Waals surface area contributed by atoms with E-state index in [4.69, 9.17) is 9.97 Å². The van der Waals surface area contributed by atoms with Crippen molar-refractivity contribution >= 4 is 34.5 Å². The number of nitrogens with one attached hydrogen (secondary N) is 1. The van der Waals surface area contributed by atoms with Gasteiger partial charge in [-0.1, -0.05) is 86.3 Å². The molecule has 1 amide bonds. The Morgan fingerprint density at radius 2 is 1.61 bits per heavy atom. The molecule has 0 saturated carbocycles. The molecule has 4 aromatic rings. The zero-order valence-corrected chi connectivity index (χ0v) is 23.0. The molecule has 1 N–H and O–H groups in total. The maximum absolute atomic E-state index is 13.1. The fourth-order valence-corrected chi connectivity index (χ4v) is 5.75. The molecule has 0 aliphatic carbocycles. The third-order valence-electron chi connectivity index (χ3n) is 6.89. The Hall–Kier alpha value is -3.39. The van der Waals surface area contributed by atoms with Crippen LogP contribution in [-0.2, 0) is 11.3 Å². The molecule has 0 radical (unpaired) electrons. The van der Waals surface area contributed by atoms with Gasteiger partial charge in [0, 0.05) is 37.2 Å². The maximum atomic E-state index is 13.1. The van der Waals surface area contributed by atoms with Gasteiger partial charge in [-0.3, -0.25) is 4.79 Å². The Balaban J connectivity index is 1.29. The highest BCUT2D eigenvalue weighted by Gasteiger charge is 2.21. The Kier molecular flexibility index (Phi) is 8.58. The van der Waals surface area contributed by atoms with E-state index in [1.165, 1.54) is 19.3 Å². The molecule has 0 spiro atoms. The summed E-state index contributed by atoms with van der Waals surface area (Å²) in [5.74, 6) is 1.03. The number of hydrogen-bond donors (Lipinski definition) is 1. The zero-order valence-electron chi connectivity index (χ0n) is 22.2. The van der Waals surface area contributed by atoms with Gasteiger partial charge in [-0.2, -0.15) is 5.10 Å². The first-order valence-electron chi connectivity index (χ1n) is 13.6. The molecule has 0 bridgehead atoms. The van der Waals surface area contributed by atoms with E-state index in [0.29, 0.717) is 24.8 Å². The van der Waals surface area contributed by atoms with E-state index in [2.05, 4.69) is 53.4 Å². The molecule has 0 unspecified atom stereocenters. The Labute approximate surface area is 229 Å². The number of thioether (sulfide) groups is 1. The van der Waals surface area contributed by atoms with Crippen molar-refractivity contribution in [3.63, 3.8) is 0 Å². The number of fused-ring (bicyclic) bond motifs is 1. The topological polar surface area (TPSA) is 75.9 Å².